The van der Waals surface area contributed by atoms with Crippen LogP contribution in [0.15, 0.2) is 36.7 Å². The highest BCUT2D eigenvalue weighted by atomic mass is 35.5. The van der Waals surface area contributed by atoms with Crippen molar-refractivity contribution in [1.29, 1.82) is 0 Å². The van der Waals surface area contributed by atoms with Crippen molar-refractivity contribution in [2.45, 2.75) is 25.8 Å². The summed E-state index contributed by atoms with van der Waals surface area (Å²) in [6.45, 7) is 2.01. The molecule has 132 valence electrons. The second-order valence-electron chi connectivity index (χ2n) is 5.46. The van der Waals surface area contributed by atoms with Gasteiger partial charge in [0, 0.05) is 36.5 Å². The van der Waals surface area contributed by atoms with E-state index < -0.39 is 17.6 Å². The highest BCUT2D eigenvalue weighted by Gasteiger charge is 2.24. The van der Waals surface area contributed by atoms with Crippen LogP contribution in [0, 0.1) is 5.82 Å². The molecule has 1 amide bonds. The zero-order valence-electron chi connectivity index (χ0n) is 13.8. The monoisotopic (exact) mass is 363 g/mol. The van der Waals surface area contributed by atoms with E-state index in [1.807, 2.05) is 6.92 Å². The molecule has 0 radical (unpaired) electrons. The SMILES string of the molecule is CC[C@H](NC(=O)CCN)c1ccc(Cl)c(C(=O)c2cccnc2)c1F. The minimum Gasteiger partial charge on any atom is -0.349 e. The van der Waals surface area contributed by atoms with Gasteiger partial charge in [0.1, 0.15) is 5.82 Å². The molecule has 1 aromatic heterocycles. The first-order valence-electron chi connectivity index (χ1n) is 7.91. The molecule has 7 heteroatoms. The predicted octanol–water partition coefficient (Wildman–Crippen LogP) is 3.02. The van der Waals surface area contributed by atoms with Crippen LogP contribution in [0.1, 0.15) is 47.3 Å². The number of rotatable bonds is 7. The zero-order valence-corrected chi connectivity index (χ0v) is 14.5. The Balaban J connectivity index is 2.42. The summed E-state index contributed by atoms with van der Waals surface area (Å²) in [5, 5.41) is 2.74. The van der Waals surface area contributed by atoms with E-state index in [9.17, 15) is 9.59 Å². The summed E-state index contributed by atoms with van der Waals surface area (Å²) in [4.78, 5) is 28.3. The number of ketones is 1. The largest absolute Gasteiger partial charge is 0.349 e. The fourth-order valence-electron chi connectivity index (χ4n) is 2.48. The molecule has 25 heavy (non-hydrogen) atoms. The summed E-state index contributed by atoms with van der Waals surface area (Å²) in [6.07, 6.45) is 3.47. The highest BCUT2D eigenvalue weighted by molar-refractivity contribution is 6.35. The standard InChI is InChI=1S/C18H19ClFN3O2/c1-2-14(23-15(24)7-8-21)12-5-6-13(19)16(17(12)20)18(25)11-4-3-9-22-10-11/h3-6,9-10,14H,2,7-8,21H2,1H3,(H,23,24)/t14-/m0/s1. The Kier molecular flexibility index (Phi) is 6.61. The van der Waals surface area contributed by atoms with Crippen molar-refractivity contribution >= 4 is 23.3 Å². The first-order chi connectivity index (χ1) is 12.0. The van der Waals surface area contributed by atoms with E-state index in [-0.39, 0.29) is 40.6 Å². The quantitative estimate of drug-likeness (QED) is 0.740. The maximum absolute atomic E-state index is 15.0. The van der Waals surface area contributed by atoms with Gasteiger partial charge < -0.3 is 11.1 Å². The average molecular weight is 364 g/mol. The maximum Gasteiger partial charge on any atom is 0.221 e. The molecule has 0 aliphatic carbocycles. The summed E-state index contributed by atoms with van der Waals surface area (Å²) in [6, 6.07) is 5.50. The van der Waals surface area contributed by atoms with Crippen LogP contribution in [0.3, 0.4) is 0 Å². The van der Waals surface area contributed by atoms with E-state index in [1.54, 1.807) is 6.07 Å². The summed E-state index contributed by atoms with van der Waals surface area (Å²) in [5.41, 5.74) is 5.59. The Labute approximate surface area is 150 Å². The number of carbonyl (C=O) groups excluding carboxylic acids is 2. The lowest BCUT2D eigenvalue weighted by Gasteiger charge is -2.19. The van der Waals surface area contributed by atoms with Crippen LogP contribution < -0.4 is 11.1 Å². The van der Waals surface area contributed by atoms with Crippen LogP contribution in [0.25, 0.3) is 0 Å². The summed E-state index contributed by atoms with van der Waals surface area (Å²) in [7, 11) is 0. The van der Waals surface area contributed by atoms with E-state index >= 15 is 4.39 Å². The molecular formula is C18H19ClFN3O2. The topological polar surface area (TPSA) is 85.1 Å². The number of aromatic nitrogens is 1. The molecule has 0 saturated carbocycles. The van der Waals surface area contributed by atoms with Gasteiger partial charge in [-0.2, -0.15) is 0 Å². The number of nitrogens with one attached hydrogen (secondary N) is 1. The lowest BCUT2D eigenvalue weighted by Crippen LogP contribution is -2.30. The van der Waals surface area contributed by atoms with Gasteiger partial charge in [0.15, 0.2) is 5.78 Å². The van der Waals surface area contributed by atoms with Crippen molar-refractivity contribution in [3.8, 4) is 0 Å². The Morgan fingerprint density at radius 1 is 1.36 bits per heavy atom. The van der Waals surface area contributed by atoms with Gasteiger partial charge >= 0.3 is 0 Å². The number of pyridine rings is 1. The van der Waals surface area contributed by atoms with Gasteiger partial charge in [-0.05, 0) is 24.6 Å². The molecule has 1 heterocycles. The number of hydrogen-bond donors (Lipinski definition) is 2. The third-order valence-corrected chi connectivity index (χ3v) is 4.08. The third kappa shape index (κ3) is 4.41. The van der Waals surface area contributed by atoms with Crippen molar-refractivity contribution < 1.29 is 14.0 Å². The average Bonchev–Trinajstić information content (AvgIpc) is 2.61. The smallest absolute Gasteiger partial charge is 0.221 e. The molecule has 0 bridgehead atoms. The molecule has 0 aliphatic rings. The van der Waals surface area contributed by atoms with Crippen molar-refractivity contribution in [1.82, 2.24) is 10.3 Å². The van der Waals surface area contributed by atoms with Gasteiger partial charge in [-0.1, -0.05) is 24.6 Å². The number of hydrogen-bond acceptors (Lipinski definition) is 4. The molecule has 1 aromatic carbocycles. The van der Waals surface area contributed by atoms with E-state index in [0.29, 0.717) is 6.42 Å². The number of amides is 1. The van der Waals surface area contributed by atoms with Gasteiger partial charge in [0.05, 0.1) is 16.6 Å². The first-order valence-corrected chi connectivity index (χ1v) is 8.29. The molecule has 0 aliphatic heterocycles. The maximum atomic E-state index is 15.0. The van der Waals surface area contributed by atoms with Gasteiger partial charge in [-0.25, -0.2) is 4.39 Å². The van der Waals surface area contributed by atoms with Crippen LogP contribution in [0.5, 0.6) is 0 Å². The second-order valence-corrected chi connectivity index (χ2v) is 5.87. The van der Waals surface area contributed by atoms with Crippen molar-refractivity contribution in [2.24, 2.45) is 5.73 Å². The van der Waals surface area contributed by atoms with E-state index in [1.165, 1.54) is 30.6 Å². The molecule has 5 nitrogen and oxygen atoms in total. The van der Waals surface area contributed by atoms with Gasteiger partial charge in [0.25, 0.3) is 0 Å². The summed E-state index contributed by atoms with van der Waals surface area (Å²) < 4.78 is 15.0. The molecule has 0 fully saturated rings. The second kappa shape index (κ2) is 8.69. The molecular weight excluding hydrogens is 345 g/mol. The molecule has 1 atom stereocenters. The molecule has 3 N–H and O–H groups in total. The van der Waals surface area contributed by atoms with Crippen molar-refractivity contribution in [2.75, 3.05) is 6.54 Å². The Hall–Kier alpha value is -2.31. The zero-order chi connectivity index (χ0) is 18.4. The van der Waals surface area contributed by atoms with E-state index in [0.717, 1.165) is 0 Å². The van der Waals surface area contributed by atoms with Crippen molar-refractivity contribution in [3.05, 3.63) is 64.2 Å². The lowest BCUT2D eigenvalue weighted by atomic mass is 9.96. The normalized spacial score (nSPS) is 11.8. The Morgan fingerprint density at radius 3 is 2.72 bits per heavy atom. The summed E-state index contributed by atoms with van der Waals surface area (Å²) in [5.74, 6) is -1.56. The van der Waals surface area contributed by atoms with Crippen molar-refractivity contribution in [3.63, 3.8) is 0 Å². The predicted molar refractivity (Wildman–Crippen MR) is 93.9 cm³/mol. The van der Waals surface area contributed by atoms with Crippen LogP contribution in [-0.2, 0) is 4.79 Å². The number of halogens is 2. The highest BCUT2D eigenvalue weighted by Crippen LogP contribution is 2.29. The van der Waals surface area contributed by atoms with Crippen LogP contribution >= 0.6 is 11.6 Å². The first kappa shape index (κ1) is 19.0. The Morgan fingerprint density at radius 2 is 2.12 bits per heavy atom. The van der Waals surface area contributed by atoms with E-state index in [2.05, 4.69) is 10.3 Å². The Bertz CT molecular complexity index is 768. The van der Waals surface area contributed by atoms with Crippen LogP contribution in [-0.4, -0.2) is 23.2 Å². The fraction of sp³-hybridized carbons (Fsp3) is 0.278. The minimum absolute atomic E-state index is 0.0123. The molecule has 2 aromatic rings. The third-order valence-electron chi connectivity index (χ3n) is 3.76. The van der Waals surface area contributed by atoms with Gasteiger partial charge in [-0.3, -0.25) is 14.6 Å². The minimum atomic E-state index is -0.735. The summed E-state index contributed by atoms with van der Waals surface area (Å²) >= 11 is 6.06. The van der Waals surface area contributed by atoms with Crippen LogP contribution in [0.4, 0.5) is 4.39 Å². The number of carbonyl (C=O) groups is 2. The molecule has 0 unspecified atom stereocenters. The number of nitrogens with two attached hydrogens (primary N) is 1. The fourth-order valence-corrected chi connectivity index (χ4v) is 2.72. The van der Waals surface area contributed by atoms with E-state index in [4.69, 9.17) is 17.3 Å². The lowest BCUT2D eigenvalue weighted by molar-refractivity contribution is -0.121. The van der Waals surface area contributed by atoms with Gasteiger partial charge in [-0.15, -0.1) is 0 Å². The number of nitrogens with zero attached hydrogens (tertiary/aromatic N) is 1. The molecule has 2 rings (SSSR count). The van der Waals surface area contributed by atoms with Gasteiger partial charge in [0.2, 0.25) is 5.91 Å². The number of benzene rings is 1. The molecule has 0 spiro atoms. The van der Waals surface area contributed by atoms with Crippen LogP contribution in [0.2, 0.25) is 5.02 Å². The molecule has 0 saturated heterocycles.